The van der Waals surface area contributed by atoms with Gasteiger partial charge in [0, 0.05) is 12.8 Å². The van der Waals surface area contributed by atoms with Crippen molar-refractivity contribution in [1.82, 2.24) is 0 Å². The highest BCUT2D eigenvalue weighted by Crippen LogP contribution is 2.41. The minimum Gasteiger partial charge on any atom is -0.494 e. The smallest absolute Gasteiger partial charge is 0.165 e. The Morgan fingerprint density at radius 1 is 1.50 bits per heavy atom. The van der Waals surface area contributed by atoms with E-state index in [-0.39, 0.29) is 24.4 Å². The maximum absolute atomic E-state index is 13.5. The summed E-state index contributed by atoms with van der Waals surface area (Å²) >= 11 is 0. The van der Waals surface area contributed by atoms with Gasteiger partial charge in [0.1, 0.15) is 5.78 Å². The van der Waals surface area contributed by atoms with E-state index in [1.54, 1.807) is 6.07 Å². The van der Waals surface area contributed by atoms with Gasteiger partial charge in [0.15, 0.2) is 11.6 Å². The Hall–Kier alpha value is -1.89. The van der Waals surface area contributed by atoms with Crippen LogP contribution in [0.25, 0.3) is 0 Å². The van der Waals surface area contributed by atoms with E-state index in [4.69, 9.17) is 10.00 Å². The van der Waals surface area contributed by atoms with Crippen molar-refractivity contribution in [3.8, 4) is 11.8 Å². The molecule has 4 heteroatoms. The van der Waals surface area contributed by atoms with Crippen LogP contribution in [0.15, 0.2) is 18.2 Å². The molecule has 0 radical (unpaired) electrons. The average Bonchev–Trinajstić information content (AvgIpc) is 2.24. The molecule has 0 N–H and O–H groups in total. The summed E-state index contributed by atoms with van der Waals surface area (Å²) < 4.78 is 18.2. The summed E-state index contributed by atoms with van der Waals surface area (Å²) in [5.41, 5.74) is -0.280. The Balaban J connectivity index is 2.38. The summed E-state index contributed by atoms with van der Waals surface area (Å²) in [5, 5.41) is 9.07. The van der Waals surface area contributed by atoms with Gasteiger partial charge in [-0.3, -0.25) is 4.79 Å². The zero-order valence-electron chi connectivity index (χ0n) is 8.79. The first-order chi connectivity index (χ1) is 7.61. The van der Waals surface area contributed by atoms with Crippen molar-refractivity contribution >= 4 is 5.78 Å². The minimum atomic E-state index is -0.829. The van der Waals surface area contributed by atoms with Crippen molar-refractivity contribution in [1.29, 1.82) is 5.26 Å². The first kappa shape index (κ1) is 10.6. The third kappa shape index (κ3) is 1.45. The monoisotopic (exact) mass is 219 g/mol. The topological polar surface area (TPSA) is 50.1 Å². The second-order valence-electron chi connectivity index (χ2n) is 3.94. The van der Waals surface area contributed by atoms with E-state index in [1.165, 1.54) is 19.2 Å². The van der Waals surface area contributed by atoms with E-state index in [9.17, 15) is 9.18 Å². The van der Waals surface area contributed by atoms with Gasteiger partial charge < -0.3 is 4.74 Å². The Labute approximate surface area is 92.4 Å². The molecular formula is C12H10FNO2. The Kier molecular flexibility index (Phi) is 2.39. The van der Waals surface area contributed by atoms with Gasteiger partial charge >= 0.3 is 0 Å². The number of hydrogen-bond acceptors (Lipinski definition) is 3. The summed E-state index contributed by atoms with van der Waals surface area (Å²) in [6.45, 7) is 0. The largest absolute Gasteiger partial charge is 0.494 e. The third-order valence-electron chi connectivity index (χ3n) is 2.92. The second kappa shape index (κ2) is 3.60. The molecule has 3 nitrogen and oxygen atoms in total. The number of methoxy groups -OCH3 is 1. The van der Waals surface area contributed by atoms with Crippen LogP contribution in [0.1, 0.15) is 18.4 Å². The molecule has 0 amide bonds. The summed E-state index contributed by atoms with van der Waals surface area (Å²) in [4.78, 5) is 11.0. The number of carbonyl (C=O) groups is 1. The molecule has 1 aliphatic rings. The molecule has 0 atom stereocenters. The normalized spacial score (nSPS) is 17.4. The van der Waals surface area contributed by atoms with Gasteiger partial charge in [-0.25, -0.2) is 4.39 Å². The highest BCUT2D eigenvalue weighted by molar-refractivity contribution is 5.90. The number of nitrogens with zero attached hydrogens (tertiary/aromatic N) is 1. The number of rotatable bonds is 2. The summed E-state index contributed by atoms with van der Waals surface area (Å²) in [5.74, 6) is -0.325. The molecule has 0 bridgehead atoms. The summed E-state index contributed by atoms with van der Waals surface area (Å²) in [6, 6.07) is 6.49. The fraction of sp³-hybridized carbons (Fsp3) is 0.333. The van der Waals surface area contributed by atoms with Crippen LogP contribution in [0, 0.1) is 17.1 Å². The van der Waals surface area contributed by atoms with Gasteiger partial charge in [-0.1, -0.05) is 6.07 Å². The molecule has 0 unspecified atom stereocenters. The van der Waals surface area contributed by atoms with Crippen molar-refractivity contribution in [3.63, 3.8) is 0 Å². The molecule has 1 aliphatic carbocycles. The van der Waals surface area contributed by atoms with Crippen LogP contribution in [0.5, 0.6) is 5.75 Å². The number of carbonyl (C=O) groups excluding carboxylic acids is 1. The Morgan fingerprint density at radius 2 is 2.19 bits per heavy atom. The average molecular weight is 219 g/mol. The van der Waals surface area contributed by atoms with Crippen LogP contribution in [-0.4, -0.2) is 12.9 Å². The zero-order chi connectivity index (χ0) is 11.8. The van der Waals surface area contributed by atoms with Crippen LogP contribution in [0.3, 0.4) is 0 Å². The van der Waals surface area contributed by atoms with Gasteiger partial charge in [0.05, 0.1) is 18.6 Å². The van der Waals surface area contributed by atoms with Crippen LogP contribution >= 0.6 is 0 Å². The first-order valence-electron chi connectivity index (χ1n) is 4.88. The molecule has 1 fully saturated rings. The standard InChI is InChI=1S/C12H10FNO2/c1-16-11-3-2-8(4-10(11)13)12(7-14)5-9(15)6-12/h2-4H,5-6H2,1H3. The number of benzene rings is 1. The lowest BCUT2D eigenvalue weighted by Crippen LogP contribution is -2.40. The molecule has 0 spiro atoms. The zero-order valence-corrected chi connectivity index (χ0v) is 8.79. The van der Waals surface area contributed by atoms with Crippen LogP contribution < -0.4 is 4.74 Å². The molecule has 2 rings (SSSR count). The number of Topliss-reactive ketones (excluding diaryl/α,β-unsaturated/α-hetero) is 1. The molecule has 16 heavy (non-hydrogen) atoms. The van der Waals surface area contributed by atoms with Crippen molar-refractivity contribution in [2.24, 2.45) is 0 Å². The lowest BCUT2D eigenvalue weighted by molar-refractivity contribution is -0.126. The number of ketones is 1. The second-order valence-corrected chi connectivity index (χ2v) is 3.94. The summed E-state index contributed by atoms with van der Waals surface area (Å²) in [6.07, 6.45) is 0.352. The molecular weight excluding hydrogens is 209 g/mol. The van der Waals surface area contributed by atoms with E-state index in [1.807, 2.05) is 0 Å². The van der Waals surface area contributed by atoms with E-state index in [2.05, 4.69) is 6.07 Å². The van der Waals surface area contributed by atoms with Gasteiger partial charge in [0.25, 0.3) is 0 Å². The fourth-order valence-electron chi connectivity index (χ4n) is 1.93. The number of ether oxygens (including phenoxy) is 1. The van der Waals surface area contributed by atoms with Gasteiger partial charge in [0.2, 0.25) is 0 Å². The van der Waals surface area contributed by atoms with Crippen LogP contribution in [-0.2, 0) is 10.2 Å². The number of halogens is 1. The molecule has 1 saturated carbocycles. The fourth-order valence-corrected chi connectivity index (χ4v) is 1.93. The first-order valence-corrected chi connectivity index (χ1v) is 4.88. The Morgan fingerprint density at radius 3 is 2.62 bits per heavy atom. The molecule has 0 saturated heterocycles. The van der Waals surface area contributed by atoms with Crippen molar-refractivity contribution in [2.45, 2.75) is 18.3 Å². The number of nitriles is 1. The quantitative estimate of drug-likeness (QED) is 0.763. The van der Waals surface area contributed by atoms with E-state index in [0.29, 0.717) is 5.56 Å². The SMILES string of the molecule is COc1ccc(C2(C#N)CC(=O)C2)cc1F. The van der Waals surface area contributed by atoms with Gasteiger partial charge in [-0.2, -0.15) is 5.26 Å². The Bertz CT molecular complexity index is 482. The predicted octanol–water partition coefficient (Wildman–Crippen LogP) is 1.96. The van der Waals surface area contributed by atoms with Crippen molar-refractivity contribution < 1.29 is 13.9 Å². The third-order valence-corrected chi connectivity index (χ3v) is 2.92. The maximum Gasteiger partial charge on any atom is 0.165 e. The highest BCUT2D eigenvalue weighted by atomic mass is 19.1. The molecule has 82 valence electrons. The van der Waals surface area contributed by atoms with E-state index >= 15 is 0 Å². The van der Waals surface area contributed by atoms with Crippen molar-refractivity contribution in [3.05, 3.63) is 29.6 Å². The molecule has 1 aromatic rings. The minimum absolute atomic E-state index is 0.0396. The highest BCUT2D eigenvalue weighted by Gasteiger charge is 2.45. The summed E-state index contributed by atoms with van der Waals surface area (Å²) in [7, 11) is 1.38. The lowest BCUT2D eigenvalue weighted by Gasteiger charge is -2.34. The van der Waals surface area contributed by atoms with E-state index in [0.717, 1.165) is 0 Å². The van der Waals surface area contributed by atoms with Gasteiger partial charge in [-0.05, 0) is 17.7 Å². The maximum atomic E-state index is 13.5. The van der Waals surface area contributed by atoms with Gasteiger partial charge in [-0.15, -0.1) is 0 Å². The predicted molar refractivity (Wildman–Crippen MR) is 54.5 cm³/mol. The lowest BCUT2D eigenvalue weighted by atomic mass is 9.65. The molecule has 0 aromatic heterocycles. The molecule has 1 aromatic carbocycles. The van der Waals surface area contributed by atoms with Crippen molar-refractivity contribution in [2.75, 3.05) is 7.11 Å². The van der Waals surface area contributed by atoms with Crippen LogP contribution in [0.4, 0.5) is 4.39 Å². The van der Waals surface area contributed by atoms with E-state index < -0.39 is 11.2 Å². The molecule has 0 heterocycles. The van der Waals surface area contributed by atoms with Crippen LogP contribution in [0.2, 0.25) is 0 Å². The molecule has 0 aliphatic heterocycles. The number of hydrogen-bond donors (Lipinski definition) is 0.